The van der Waals surface area contributed by atoms with E-state index in [1.165, 1.54) is 0 Å². The number of anilines is 2. The Bertz CT molecular complexity index is 705. The summed E-state index contributed by atoms with van der Waals surface area (Å²) < 4.78 is 0. The fraction of sp³-hybridized carbons (Fsp3) is 0.278. The molecule has 1 fully saturated rings. The highest BCUT2D eigenvalue weighted by Gasteiger charge is 2.17. The number of carbonyl (C=O) groups excluding carboxylic acids is 2. The summed E-state index contributed by atoms with van der Waals surface area (Å²) in [5, 5.41) is 8.85. The number of carbonyl (C=O) groups is 2. The van der Waals surface area contributed by atoms with Crippen LogP contribution in [0.2, 0.25) is 0 Å². The standard InChI is InChI=1S/C18H20N4O2.2ClH/c23-17(11-14-7-4-10-19-14)21-15-8-9-16(20-12-15)22-18(24)13-5-2-1-3-6-13;;/h1-3,5-6,8-9,12,14,19H,4,7,10-11H2,(H,21,23)(H,20,22,24);2*1H. The van der Waals surface area contributed by atoms with E-state index >= 15 is 0 Å². The Morgan fingerprint density at radius 1 is 1.08 bits per heavy atom. The van der Waals surface area contributed by atoms with Crippen LogP contribution in [0.15, 0.2) is 48.7 Å². The van der Waals surface area contributed by atoms with Crippen molar-refractivity contribution < 1.29 is 9.59 Å². The lowest BCUT2D eigenvalue weighted by atomic mass is 10.1. The topological polar surface area (TPSA) is 83.1 Å². The summed E-state index contributed by atoms with van der Waals surface area (Å²) in [5.74, 6) is 0.198. The van der Waals surface area contributed by atoms with Crippen molar-refractivity contribution in [2.75, 3.05) is 17.2 Å². The first-order valence-corrected chi connectivity index (χ1v) is 8.06. The van der Waals surface area contributed by atoms with Gasteiger partial charge < -0.3 is 16.0 Å². The first-order valence-electron chi connectivity index (χ1n) is 8.06. The highest BCUT2D eigenvalue weighted by Crippen LogP contribution is 2.13. The zero-order valence-corrected chi connectivity index (χ0v) is 15.7. The fourth-order valence-corrected chi connectivity index (χ4v) is 2.69. The maximum Gasteiger partial charge on any atom is 0.256 e. The molecule has 3 rings (SSSR count). The zero-order chi connectivity index (χ0) is 16.8. The number of rotatable bonds is 5. The highest BCUT2D eigenvalue weighted by molar-refractivity contribution is 6.03. The van der Waals surface area contributed by atoms with E-state index in [0.29, 0.717) is 23.5 Å². The summed E-state index contributed by atoms with van der Waals surface area (Å²) >= 11 is 0. The van der Waals surface area contributed by atoms with Gasteiger partial charge in [0.15, 0.2) is 0 Å². The van der Waals surface area contributed by atoms with E-state index in [1.807, 2.05) is 6.07 Å². The third-order valence-electron chi connectivity index (χ3n) is 3.92. The second-order valence-corrected chi connectivity index (χ2v) is 5.80. The van der Waals surface area contributed by atoms with E-state index in [9.17, 15) is 9.59 Å². The van der Waals surface area contributed by atoms with Crippen molar-refractivity contribution in [3.05, 3.63) is 54.2 Å². The molecule has 0 radical (unpaired) electrons. The monoisotopic (exact) mass is 396 g/mol. The van der Waals surface area contributed by atoms with Gasteiger partial charge in [0.25, 0.3) is 5.91 Å². The number of amides is 2. The first kappa shape index (κ1) is 21.9. The minimum absolute atomic E-state index is 0. The molecule has 0 aliphatic carbocycles. The van der Waals surface area contributed by atoms with E-state index in [-0.39, 0.29) is 42.7 Å². The third-order valence-corrected chi connectivity index (χ3v) is 3.92. The lowest BCUT2D eigenvalue weighted by Gasteiger charge is -2.10. The molecule has 3 N–H and O–H groups in total. The molecule has 1 aromatic heterocycles. The molecule has 1 unspecified atom stereocenters. The van der Waals surface area contributed by atoms with Crippen molar-refractivity contribution in [1.82, 2.24) is 10.3 Å². The average Bonchev–Trinajstić information content (AvgIpc) is 3.10. The minimum atomic E-state index is -0.216. The van der Waals surface area contributed by atoms with Crippen molar-refractivity contribution in [2.45, 2.75) is 25.3 Å². The molecule has 6 nitrogen and oxygen atoms in total. The van der Waals surface area contributed by atoms with Gasteiger partial charge in [-0.1, -0.05) is 18.2 Å². The van der Waals surface area contributed by atoms with Gasteiger partial charge in [-0.25, -0.2) is 4.98 Å². The van der Waals surface area contributed by atoms with Crippen LogP contribution in [-0.2, 0) is 4.79 Å². The molecule has 1 atom stereocenters. The molecule has 1 aromatic carbocycles. The number of hydrogen-bond acceptors (Lipinski definition) is 4. The number of nitrogens with zero attached hydrogens (tertiary/aromatic N) is 1. The third kappa shape index (κ3) is 6.29. The molecule has 2 aromatic rings. The number of halogens is 2. The van der Waals surface area contributed by atoms with Crippen molar-refractivity contribution in [2.24, 2.45) is 0 Å². The number of hydrogen-bond donors (Lipinski definition) is 3. The van der Waals surface area contributed by atoms with Crippen LogP contribution in [0.4, 0.5) is 11.5 Å². The Hall–Kier alpha value is -2.15. The second-order valence-electron chi connectivity index (χ2n) is 5.80. The van der Waals surface area contributed by atoms with Crippen LogP contribution in [0, 0.1) is 0 Å². The van der Waals surface area contributed by atoms with E-state index < -0.39 is 0 Å². The Labute approximate surface area is 165 Å². The summed E-state index contributed by atoms with van der Waals surface area (Å²) in [6.45, 7) is 0.981. The predicted octanol–water partition coefficient (Wildman–Crippen LogP) is 3.26. The largest absolute Gasteiger partial charge is 0.325 e. The molecule has 0 bridgehead atoms. The van der Waals surface area contributed by atoms with Crippen LogP contribution in [0.1, 0.15) is 29.6 Å². The second kappa shape index (κ2) is 10.8. The molecule has 1 aliphatic rings. The summed E-state index contributed by atoms with van der Waals surface area (Å²) in [6.07, 6.45) is 4.17. The normalized spacial score (nSPS) is 15.3. The fourth-order valence-electron chi connectivity index (χ4n) is 2.69. The number of nitrogens with one attached hydrogen (secondary N) is 3. The van der Waals surface area contributed by atoms with E-state index in [1.54, 1.807) is 42.6 Å². The van der Waals surface area contributed by atoms with Crippen LogP contribution in [0.3, 0.4) is 0 Å². The van der Waals surface area contributed by atoms with Crippen LogP contribution in [0.25, 0.3) is 0 Å². The van der Waals surface area contributed by atoms with Gasteiger partial charge in [0, 0.05) is 18.0 Å². The summed E-state index contributed by atoms with van der Waals surface area (Å²) in [5.41, 5.74) is 1.19. The van der Waals surface area contributed by atoms with Gasteiger partial charge >= 0.3 is 0 Å². The van der Waals surface area contributed by atoms with Crippen molar-refractivity contribution >= 4 is 48.1 Å². The van der Waals surface area contributed by atoms with Crippen molar-refractivity contribution in [3.63, 3.8) is 0 Å². The maximum atomic E-state index is 12.0. The van der Waals surface area contributed by atoms with Gasteiger partial charge in [0.1, 0.15) is 5.82 Å². The summed E-state index contributed by atoms with van der Waals surface area (Å²) in [7, 11) is 0. The molecule has 26 heavy (non-hydrogen) atoms. The molecule has 0 saturated carbocycles. The van der Waals surface area contributed by atoms with Crippen molar-refractivity contribution in [1.29, 1.82) is 0 Å². The number of aromatic nitrogens is 1. The maximum absolute atomic E-state index is 12.0. The lowest BCUT2D eigenvalue weighted by molar-refractivity contribution is -0.116. The highest BCUT2D eigenvalue weighted by atomic mass is 35.5. The molecule has 0 spiro atoms. The van der Waals surface area contributed by atoms with Crippen LogP contribution < -0.4 is 16.0 Å². The molecule has 2 amide bonds. The van der Waals surface area contributed by atoms with Crippen molar-refractivity contribution in [3.8, 4) is 0 Å². The molecule has 2 heterocycles. The molecule has 1 saturated heterocycles. The SMILES string of the molecule is Cl.Cl.O=C(CC1CCCN1)Nc1ccc(NC(=O)c2ccccc2)nc1. The molecule has 1 aliphatic heterocycles. The van der Waals surface area contributed by atoms with Gasteiger partial charge in [-0.2, -0.15) is 0 Å². The van der Waals surface area contributed by atoms with E-state index in [2.05, 4.69) is 20.9 Å². The van der Waals surface area contributed by atoms with E-state index in [0.717, 1.165) is 19.4 Å². The van der Waals surface area contributed by atoms with Gasteiger partial charge in [-0.05, 0) is 43.7 Å². The lowest BCUT2D eigenvalue weighted by Crippen LogP contribution is -2.27. The number of pyridine rings is 1. The summed E-state index contributed by atoms with van der Waals surface area (Å²) in [4.78, 5) is 28.2. The molecule has 140 valence electrons. The van der Waals surface area contributed by atoms with E-state index in [4.69, 9.17) is 0 Å². The minimum Gasteiger partial charge on any atom is -0.325 e. The Balaban J connectivity index is 0.00000169. The van der Waals surface area contributed by atoms with Crippen LogP contribution in [-0.4, -0.2) is 29.4 Å². The van der Waals surface area contributed by atoms with Crippen LogP contribution in [0.5, 0.6) is 0 Å². The van der Waals surface area contributed by atoms with Gasteiger partial charge in [0.05, 0.1) is 11.9 Å². The number of benzene rings is 1. The predicted molar refractivity (Wildman–Crippen MR) is 107 cm³/mol. The first-order chi connectivity index (χ1) is 11.7. The quantitative estimate of drug-likeness (QED) is 0.723. The van der Waals surface area contributed by atoms with Gasteiger partial charge in [-0.3, -0.25) is 9.59 Å². The average molecular weight is 397 g/mol. The zero-order valence-electron chi connectivity index (χ0n) is 14.1. The Morgan fingerprint density at radius 3 is 2.46 bits per heavy atom. The molecule has 8 heteroatoms. The molecular formula is C18H22Cl2N4O2. The van der Waals surface area contributed by atoms with Gasteiger partial charge in [-0.15, -0.1) is 24.8 Å². The smallest absolute Gasteiger partial charge is 0.256 e. The Kier molecular flexibility index (Phi) is 9.05. The van der Waals surface area contributed by atoms with Gasteiger partial charge in [0.2, 0.25) is 5.91 Å². The Morgan fingerprint density at radius 2 is 1.85 bits per heavy atom. The molecular weight excluding hydrogens is 375 g/mol. The van der Waals surface area contributed by atoms with Crippen LogP contribution >= 0.6 is 24.8 Å². The summed E-state index contributed by atoms with van der Waals surface area (Å²) in [6, 6.07) is 12.6.